The van der Waals surface area contributed by atoms with Gasteiger partial charge in [0.1, 0.15) is 11.1 Å². The minimum absolute atomic E-state index is 0.536. The molecule has 0 saturated heterocycles. The highest BCUT2D eigenvalue weighted by molar-refractivity contribution is 7.11. The van der Waals surface area contributed by atoms with Crippen molar-refractivity contribution in [3.8, 4) is 28.8 Å². The second-order valence-electron chi connectivity index (χ2n) is 6.26. The second kappa shape index (κ2) is 8.59. The molecule has 0 amide bonds. The number of aromatic nitrogens is 1. The van der Waals surface area contributed by atoms with Gasteiger partial charge in [0.15, 0.2) is 11.5 Å². The molecule has 1 aromatic heterocycles. The number of ether oxygens (including phenoxy) is 2. The van der Waals surface area contributed by atoms with Gasteiger partial charge < -0.3 is 14.4 Å². The maximum Gasteiger partial charge on any atom is 0.161 e. The molecule has 3 aromatic rings. The summed E-state index contributed by atoms with van der Waals surface area (Å²) in [7, 11) is 7.20. The quantitative estimate of drug-likeness (QED) is 0.556. The SMILES string of the molecule is COc1ccc(-c2csc(C(C#N)=Cc3ccc(N(C)C)cc3)n2)cc1OC. The van der Waals surface area contributed by atoms with Gasteiger partial charge >= 0.3 is 0 Å². The fourth-order valence-corrected chi connectivity index (χ4v) is 3.50. The fraction of sp³-hybridized carbons (Fsp3) is 0.182. The van der Waals surface area contributed by atoms with Crippen LogP contribution in [0.5, 0.6) is 11.5 Å². The van der Waals surface area contributed by atoms with Gasteiger partial charge in [0.05, 0.1) is 25.5 Å². The summed E-state index contributed by atoms with van der Waals surface area (Å²) < 4.78 is 10.6. The largest absolute Gasteiger partial charge is 0.493 e. The molecule has 0 aliphatic heterocycles. The van der Waals surface area contributed by atoms with Crippen LogP contribution in [0.15, 0.2) is 47.8 Å². The van der Waals surface area contributed by atoms with Crippen LogP contribution in [0.2, 0.25) is 0 Å². The van der Waals surface area contributed by atoms with E-state index < -0.39 is 0 Å². The van der Waals surface area contributed by atoms with Crippen molar-refractivity contribution in [1.82, 2.24) is 4.98 Å². The first kappa shape index (κ1) is 19.5. The normalized spacial score (nSPS) is 11.0. The van der Waals surface area contributed by atoms with Crippen molar-refractivity contribution in [2.24, 2.45) is 0 Å². The molecule has 0 N–H and O–H groups in total. The van der Waals surface area contributed by atoms with E-state index in [-0.39, 0.29) is 0 Å². The molecule has 0 atom stereocenters. The second-order valence-corrected chi connectivity index (χ2v) is 7.12. The van der Waals surface area contributed by atoms with E-state index in [0.29, 0.717) is 22.1 Å². The third-order valence-electron chi connectivity index (χ3n) is 4.25. The van der Waals surface area contributed by atoms with Crippen LogP contribution in [0.3, 0.4) is 0 Å². The summed E-state index contributed by atoms with van der Waals surface area (Å²) in [6.07, 6.45) is 1.86. The van der Waals surface area contributed by atoms with Crippen LogP contribution in [-0.2, 0) is 0 Å². The average Bonchev–Trinajstić information content (AvgIpc) is 3.21. The van der Waals surface area contributed by atoms with Crippen molar-refractivity contribution in [3.63, 3.8) is 0 Å². The molecule has 3 rings (SSSR count). The van der Waals surface area contributed by atoms with Crippen LogP contribution in [-0.4, -0.2) is 33.3 Å². The van der Waals surface area contributed by atoms with Gasteiger partial charge in [0.2, 0.25) is 0 Å². The Morgan fingerprint density at radius 2 is 1.79 bits per heavy atom. The van der Waals surface area contributed by atoms with Crippen LogP contribution in [0, 0.1) is 11.3 Å². The monoisotopic (exact) mass is 391 g/mol. The van der Waals surface area contributed by atoms with Gasteiger partial charge in [-0.15, -0.1) is 11.3 Å². The number of hydrogen-bond acceptors (Lipinski definition) is 6. The molecule has 0 unspecified atom stereocenters. The zero-order valence-corrected chi connectivity index (χ0v) is 17.1. The lowest BCUT2D eigenvalue weighted by Gasteiger charge is -2.11. The highest BCUT2D eigenvalue weighted by Gasteiger charge is 2.12. The Bertz CT molecular complexity index is 1030. The van der Waals surface area contributed by atoms with Gasteiger partial charge in [-0.2, -0.15) is 5.26 Å². The lowest BCUT2D eigenvalue weighted by Crippen LogP contribution is -2.07. The number of hydrogen-bond donors (Lipinski definition) is 0. The number of benzene rings is 2. The number of allylic oxidation sites excluding steroid dienone is 1. The number of rotatable bonds is 6. The zero-order valence-electron chi connectivity index (χ0n) is 16.3. The molecular formula is C22H21N3O2S. The molecule has 0 radical (unpaired) electrons. The van der Waals surface area contributed by atoms with Crippen LogP contribution in [0.4, 0.5) is 5.69 Å². The molecule has 0 fully saturated rings. The van der Waals surface area contributed by atoms with Gasteiger partial charge in [-0.1, -0.05) is 12.1 Å². The van der Waals surface area contributed by atoms with Gasteiger partial charge in [-0.3, -0.25) is 0 Å². The van der Waals surface area contributed by atoms with Gasteiger partial charge in [-0.25, -0.2) is 4.98 Å². The van der Waals surface area contributed by atoms with Gasteiger partial charge in [0.25, 0.3) is 0 Å². The third kappa shape index (κ3) is 4.16. The Labute approximate surface area is 169 Å². The highest BCUT2D eigenvalue weighted by Crippen LogP contribution is 2.34. The summed E-state index contributed by atoms with van der Waals surface area (Å²) >= 11 is 1.45. The molecule has 5 nitrogen and oxygen atoms in total. The molecule has 0 spiro atoms. The Morgan fingerprint density at radius 3 is 2.39 bits per heavy atom. The predicted octanol–water partition coefficient (Wildman–Crippen LogP) is 4.96. The van der Waals surface area contributed by atoms with E-state index in [4.69, 9.17) is 9.47 Å². The molecule has 0 aliphatic carbocycles. The molecule has 28 heavy (non-hydrogen) atoms. The number of anilines is 1. The number of nitrogens with zero attached hydrogens (tertiary/aromatic N) is 3. The van der Waals surface area contributed by atoms with Crippen LogP contribution >= 0.6 is 11.3 Å². The van der Waals surface area contributed by atoms with Crippen molar-refractivity contribution in [2.75, 3.05) is 33.2 Å². The van der Waals surface area contributed by atoms with Crippen molar-refractivity contribution < 1.29 is 9.47 Å². The number of nitriles is 1. The molecular weight excluding hydrogens is 370 g/mol. The number of methoxy groups -OCH3 is 2. The van der Waals surface area contributed by atoms with Gasteiger partial charge in [-0.05, 0) is 42.0 Å². The van der Waals surface area contributed by atoms with Crippen molar-refractivity contribution in [1.29, 1.82) is 5.26 Å². The molecule has 0 aliphatic rings. The molecule has 142 valence electrons. The van der Waals surface area contributed by atoms with E-state index in [1.165, 1.54) is 11.3 Å². The maximum atomic E-state index is 9.62. The van der Waals surface area contributed by atoms with E-state index in [9.17, 15) is 5.26 Å². The first-order chi connectivity index (χ1) is 13.5. The lowest BCUT2D eigenvalue weighted by atomic mass is 10.1. The van der Waals surface area contributed by atoms with E-state index in [1.807, 2.05) is 72.9 Å². The summed E-state index contributed by atoms with van der Waals surface area (Å²) in [4.78, 5) is 6.68. The summed E-state index contributed by atoms with van der Waals surface area (Å²) in [6.45, 7) is 0. The number of thiazole rings is 1. The first-order valence-corrected chi connectivity index (χ1v) is 9.51. The standard InChI is InChI=1S/C22H21N3O2S/c1-25(2)18-8-5-15(6-9-18)11-17(13-23)22-24-19(14-28-22)16-7-10-20(26-3)21(12-16)27-4/h5-12,14H,1-4H3. The molecule has 2 aromatic carbocycles. The maximum absolute atomic E-state index is 9.62. The summed E-state index contributed by atoms with van der Waals surface area (Å²) in [5.74, 6) is 1.31. The summed E-state index contributed by atoms with van der Waals surface area (Å²) in [6, 6.07) is 16.0. The highest BCUT2D eigenvalue weighted by atomic mass is 32.1. The summed E-state index contributed by atoms with van der Waals surface area (Å²) in [5, 5.41) is 12.2. The van der Waals surface area contributed by atoms with Gasteiger partial charge in [0, 0.05) is 30.7 Å². The molecule has 1 heterocycles. The van der Waals surface area contributed by atoms with E-state index in [1.54, 1.807) is 14.2 Å². The Balaban J connectivity index is 1.90. The first-order valence-electron chi connectivity index (χ1n) is 8.63. The lowest BCUT2D eigenvalue weighted by molar-refractivity contribution is 0.355. The van der Waals surface area contributed by atoms with E-state index in [2.05, 4.69) is 11.1 Å². The minimum Gasteiger partial charge on any atom is -0.493 e. The zero-order chi connectivity index (χ0) is 20.1. The van der Waals surface area contributed by atoms with Crippen molar-refractivity contribution in [3.05, 3.63) is 58.4 Å². The fourth-order valence-electron chi connectivity index (χ4n) is 2.70. The van der Waals surface area contributed by atoms with Crippen LogP contribution < -0.4 is 14.4 Å². The Morgan fingerprint density at radius 1 is 1.07 bits per heavy atom. The Kier molecular flexibility index (Phi) is 5.97. The summed E-state index contributed by atoms with van der Waals surface area (Å²) in [5.41, 5.74) is 4.32. The minimum atomic E-state index is 0.536. The van der Waals surface area contributed by atoms with E-state index >= 15 is 0 Å². The molecule has 0 saturated carbocycles. The van der Waals surface area contributed by atoms with E-state index in [0.717, 1.165) is 22.5 Å². The van der Waals surface area contributed by atoms with Crippen molar-refractivity contribution in [2.45, 2.75) is 0 Å². The third-order valence-corrected chi connectivity index (χ3v) is 5.13. The average molecular weight is 391 g/mol. The topological polar surface area (TPSA) is 58.4 Å². The van der Waals surface area contributed by atoms with Crippen molar-refractivity contribution >= 4 is 28.7 Å². The smallest absolute Gasteiger partial charge is 0.161 e. The molecule has 6 heteroatoms. The Hall–Kier alpha value is -3.30. The van der Waals surface area contributed by atoms with Crippen LogP contribution in [0.1, 0.15) is 10.6 Å². The molecule has 0 bridgehead atoms. The van der Waals surface area contributed by atoms with Crippen LogP contribution in [0.25, 0.3) is 22.9 Å². The predicted molar refractivity (Wildman–Crippen MR) is 115 cm³/mol.